The first-order valence-corrected chi connectivity index (χ1v) is 8.37. The average molecular weight is 324 g/mol. The van der Waals surface area contributed by atoms with Crippen molar-refractivity contribution in [3.8, 4) is 0 Å². The van der Waals surface area contributed by atoms with Crippen LogP contribution < -0.4 is 5.32 Å². The number of carbonyl (C=O) groups excluding carboxylic acids is 1. The second-order valence-corrected chi connectivity index (χ2v) is 6.20. The van der Waals surface area contributed by atoms with Crippen molar-refractivity contribution in [1.29, 1.82) is 0 Å². The normalized spacial score (nSPS) is 28.9. The molecule has 6 heteroatoms. The molecule has 2 fully saturated rings. The van der Waals surface area contributed by atoms with Gasteiger partial charge < -0.3 is 15.0 Å². The molecule has 3 aliphatic heterocycles. The van der Waals surface area contributed by atoms with Crippen LogP contribution in [0.1, 0.15) is 39.5 Å². The SMILES string of the molecule is CCC1=C(Cl)N=C2C(=CC1)NC(=O)C(CC)N2C1CCOC1. The molecule has 2 saturated heterocycles. The van der Waals surface area contributed by atoms with Crippen molar-refractivity contribution in [2.45, 2.75) is 51.6 Å². The number of nitrogens with zero attached hydrogens (tertiary/aromatic N) is 2. The van der Waals surface area contributed by atoms with Crippen LogP contribution in [-0.4, -0.2) is 41.9 Å². The van der Waals surface area contributed by atoms with E-state index in [1.54, 1.807) is 0 Å². The molecule has 0 aromatic carbocycles. The lowest BCUT2D eigenvalue weighted by Crippen LogP contribution is -2.60. The first-order valence-electron chi connectivity index (χ1n) is 7.99. The summed E-state index contributed by atoms with van der Waals surface area (Å²) in [5.74, 6) is 0.825. The molecule has 0 aromatic rings. The maximum Gasteiger partial charge on any atom is 0.247 e. The molecule has 0 spiro atoms. The average Bonchev–Trinajstić information content (AvgIpc) is 2.98. The van der Waals surface area contributed by atoms with E-state index in [1.807, 2.05) is 13.0 Å². The van der Waals surface area contributed by atoms with E-state index in [4.69, 9.17) is 16.3 Å². The number of amidine groups is 1. The molecule has 3 heterocycles. The van der Waals surface area contributed by atoms with E-state index >= 15 is 0 Å². The van der Waals surface area contributed by atoms with Crippen LogP contribution in [0.25, 0.3) is 0 Å². The van der Waals surface area contributed by atoms with Crippen molar-refractivity contribution in [2.24, 2.45) is 4.99 Å². The molecule has 22 heavy (non-hydrogen) atoms. The van der Waals surface area contributed by atoms with E-state index < -0.39 is 0 Å². The van der Waals surface area contributed by atoms with Crippen LogP contribution in [0.15, 0.2) is 27.5 Å². The van der Waals surface area contributed by atoms with Gasteiger partial charge in [0.05, 0.1) is 18.3 Å². The van der Waals surface area contributed by atoms with Crippen LogP contribution in [0.5, 0.6) is 0 Å². The van der Waals surface area contributed by atoms with Gasteiger partial charge in [0.25, 0.3) is 0 Å². The molecule has 5 nitrogen and oxygen atoms in total. The molecule has 0 aliphatic carbocycles. The number of hydrogen-bond donors (Lipinski definition) is 1. The van der Waals surface area contributed by atoms with Crippen LogP contribution in [0.4, 0.5) is 0 Å². The number of carbonyl (C=O) groups is 1. The Morgan fingerprint density at radius 3 is 2.95 bits per heavy atom. The molecule has 3 aliphatic rings. The number of rotatable bonds is 3. The quantitative estimate of drug-likeness (QED) is 0.812. The summed E-state index contributed by atoms with van der Waals surface area (Å²) in [6.07, 6.45) is 5.26. The molecule has 3 rings (SSSR count). The molecule has 2 unspecified atom stereocenters. The fraction of sp³-hybridized carbons (Fsp3) is 0.625. The number of piperazine rings is 1. The summed E-state index contributed by atoms with van der Waals surface area (Å²) < 4.78 is 5.53. The van der Waals surface area contributed by atoms with Crippen molar-refractivity contribution < 1.29 is 9.53 Å². The lowest BCUT2D eigenvalue weighted by Gasteiger charge is -2.41. The smallest absolute Gasteiger partial charge is 0.247 e. The summed E-state index contributed by atoms with van der Waals surface area (Å²) in [5, 5.41) is 3.56. The van der Waals surface area contributed by atoms with Crippen LogP contribution in [0.2, 0.25) is 0 Å². The van der Waals surface area contributed by atoms with Gasteiger partial charge in [-0.1, -0.05) is 31.5 Å². The third kappa shape index (κ3) is 2.68. The van der Waals surface area contributed by atoms with E-state index in [1.165, 1.54) is 0 Å². The molecule has 0 aromatic heterocycles. The molecule has 1 N–H and O–H groups in total. The van der Waals surface area contributed by atoms with Crippen molar-refractivity contribution in [3.05, 3.63) is 22.5 Å². The highest BCUT2D eigenvalue weighted by atomic mass is 35.5. The third-order valence-electron chi connectivity index (χ3n) is 4.54. The van der Waals surface area contributed by atoms with Gasteiger partial charge in [-0.25, -0.2) is 4.99 Å². The standard InChI is InChI=1S/C16H22ClN3O2/c1-3-10-5-6-12-15(19-14(10)17)20(11-7-8-22-9-11)13(4-2)16(21)18-12/h6,11,13H,3-5,7-9H2,1-2H3,(H,18,21). The number of halogens is 1. The number of ether oxygens (including phenoxy) is 1. The maximum atomic E-state index is 12.5. The fourth-order valence-corrected chi connectivity index (χ4v) is 3.56. The third-order valence-corrected chi connectivity index (χ3v) is 4.89. The van der Waals surface area contributed by atoms with E-state index in [9.17, 15) is 4.79 Å². The molecule has 0 saturated carbocycles. The van der Waals surface area contributed by atoms with Gasteiger partial charge in [0, 0.05) is 6.61 Å². The monoisotopic (exact) mass is 323 g/mol. The van der Waals surface area contributed by atoms with Gasteiger partial charge in [0.2, 0.25) is 5.91 Å². The maximum absolute atomic E-state index is 12.5. The Hall–Kier alpha value is -1.33. The minimum Gasteiger partial charge on any atom is -0.379 e. The Morgan fingerprint density at radius 1 is 1.50 bits per heavy atom. The molecular weight excluding hydrogens is 302 g/mol. The van der Waals surface area contributed by atoms with Gasteiger partial charge >= 0.3 is 0 Å². The number of amides is 1. The molecule has 2 atom stereocenters. The van der Waals surface area contributed by atoms with Crippen molar-refractivity contribution in [3.63, 3.8) is 0 Å². The zero-order chi connectivity index (χ0) is 15.7. The minimum atomic E-state index is -0.213. The predicted octanol–water partition coefficient (Wildman–Crippen LogP) is 2.53. The van der Waals surface area contributed by atoms with Gasteiger partial charge in [0.1, 0.15) is 11.2 Å². The minimum absolute atomic E-state index is 0.0377. The zero-order valence-corrected chi connectivity index (χ0v) is 13.8. The van der Waals surface area contributed by atoms with E-state index in [0.717, 1.165) is 49.4 Å². The van der Waals surface area contributed by atoms with Crippen molar-refractivity contribution in [1.82, 2.24) is 10.2 Å². The summed E-state index contributed by atoms with van der Waals surface area (Å²) in [6.45, 7) is 5.46. The number of hydrogen-bond acceptors (Lipinski definition) is 4. The van der Waals surface area contributed by atoms with Crippen molar-refractivity contribution >= 4 is 23.3 Å². The van der Waals surface area contributed by atoms with Gasteiger partial charge in [-0.3, -0.25) is 4.79 Å². The highest BCUT2D eigenvalue weighted by molar-refractivity contribution is 6.31. The molecule has 0 radical (unpaired) electrons. The lowest BCUT2D eigenvalue weighted by molar-refractivity contribution is -0.125. The summed E-state index contributed by atoms with van der Waals surface area (Å²) in [7, 11) is 0. The van der Waals surface area contributed by atoms with E-state index in [2.05, 4.69) is 22.1 Å². The largest absolute Gasteiger partial charge is 0.379 e. The Labute approximate surface area is 136 Å². The highest BCUT2D eigenvalue weighted by Crippen LogP contribution is 2.30. The Morgan fingerprint density at radius 2 is 2.32 bits per heavy atom. The topological polar surface area (TPSA) is 53.9 Å². The zero-order valence-electron chi connectivity index (χ0n) is 13.1. The summed E-state index contributed by atoms with van der Waals surface area (Å²) in [6, 6.07) is -0.0268. The summed E-state index contributed by atoms with van der Waals surface area (Å²) in [5.41, 5.74) is 1.88. The summed E-state index contributed by atoms with van der Waals surface area (Å²) >= 11 is 6.39. The van der Waals surface area contributed by atoms with E-state index in [0.29, 0.717) is 11.8 Å². The van der Waals surface area contributed by atoms with Gasteiger partial charge in [0.15, 0.2) is 5.84 Å². The molecule has 1 amide bonds. The van der Waals surface area contributed by atoms with Crippen molar-refractivity contribution in [2.75, 3.05) is 13.2 Å². The highest BCUT2D eigenvalue weighted by Gasteiger charge is 2.40. The molecular formula is C16H22ClN3O2. The second-order valence-electron chi connectivity index (χ2n) is 5.84. The second kappa shape index (κ2) is 6.42. The number of aliphatic imine (C=N–C) groups is 1. The van der Waals surface area contributed by atoms with Gasteiger partial charge in [-0.15, -0.1) is 0 Å². The van der Waals surface area contributed by atoms with Gasteiger partial charge in [-0.2, -0.15) is 0 Å². The fourth-order valence-electron chi connectivity index (χ4n) is 3.27. The van der Waals surface area contributed by atoms with Crippen LogP contribution >= 0.6 is 11.6 Å². The Bertz CT molecular complexity index is 562. The van der Waals surface area contributed by atoms with Crippen LogP contribution in [0.3, 0.4) is 0 Å². The van der Waals surface area contributed by atoms with Crippen LogP contribution in [-0.2, 0) is 9.53 Å². The first-order chi connectivity index (χ1) is 10.7. The predicted molar refractivity (Wildman–Crippen MR) is 86.6 cm³/mol. The molecule has 120 valence electrons. The lowest BCUT2D eigenvalue weighted by atomic mass is 10.0. The van der Waals surface area contributed by atoms with Crippen LogP contribution in [0, 0.1) is 0 Å². The Kier molecular flexibility index (Phi) is 4.54. The number of nitrogens with one attached hydrogen (secondary N) is 1. The molecule has 0 bridgehead atoms. The van der Waals surface area contributed by atoms with E-state index in [-0.39, 0.29) is 18.0 Å². The first kappa shape index (κ1) is 15.6. The van der Waals surface area contributed by atoms with Gasteiger partial charge in [-0.05, 0) is 31.3 Å². The summed E-state index contributed by atoms with van der Waals surface area (Å²) in [4.78, 5) is 19.2. The Balaban J connectivity index is 2.04. The number of allylic oxidation sites excluding steroid dienone is 2. The number of fused-ring (bicyclic) bond motifs is 1.